The predicted molar refractivity (Wildman–Crippen MR) is 123 cm³/mol. The number of allylic oxidation sites excluding steroid dienone is 1. The molecule has 2 heteroatoms. The molecule has 0 aromatic carbocycles. The van der Waals surface area contributed by atoms with Gasteiger partial charge in [0.2, 0.25) is 0 Å². The zero-order valence-electron chi connectivity index (χ0n) is 20.3. The van der Waals surface area contributed by atoms with Crippen LogP contribution in [0.5, 0.6) is 0 Å². The first-order valence-electron chi connectivity index (χ1n) is 13.2. The minimum Gasteiger partial charge on any atom is -0.353 e. The van der Waals surface area contributed by atoms with Crippen molar-refractivity contribution in [3.8, 4) is 0 Å². The number of fused-ring (bicyclic) bond motifs is 5. The van der Waals surface area contributed by atoms with Gasteiger partial charge in [-0.2, -0.15) is 0 Å². The highest BCUT2D eigenvalue weighted by molar-refractivity contribution is 5.25. The van der Waals surface area contributed by atoms with Crippen LogP contribution in [0.3, 0.4) is 0 Å². The van der Waals surface area contributed by atoms with Gasteiger partial charge in [-0.05, 0) is 111 Å². The zero-order valence-corrected chi connectivity index (χ0v) is 20.3. The molecule has 0 radical (unpaired) electrons. The van der Waals surface area contributed by atoms with E-state index in [9.17, 15) is 0 Å². The number of hydrogen-bond acceptors (Lipinski definition) is 2. The normalized spacial score (nSPS) is 49.0. The van der Waals surface area contributed by atoms with Gasteiger partial charge in [0.1, 0.15) is 0 Å². The van der Waals surface area contributed by atoms with Gasteiger partial charge in [0.25, 0.3) is 0 Å². The van der Waals surface area contributed by atoms with Gasteiger partial charge in [0, 0.05) is 6.61 Å². The van der Waals surface area contributed by atoms with Crippen LogP contribution in [0.2, 0.25) is 0 Å². The summed E-state index contributed by atoms with van der Waals surface area (Å²) < 4.78 is 12.3. The summed E-state index contributed by atoms with van der Waals surface area (Å²) in [6, 6.07) is 0. The van der Waals surface area contributed by atoms with Gasteiger partial charge in [0.05, 0.1) is 6.10 Å². The van der Waals surface area contributed by atoms with Gasteiger partial charge in [-0.3, -0.25) is 0 Å². The van der Waals surface area contributed by atoms with E-state index in [1.54, 1.807) is 5.57 Å². The van der Waals surface area contributed by atoms with E-state index in [2.05, 4.69) is 40.7 Å². The van der Waals surface area contributed by atoms with Crippen molar-refractivity contribution < 1.29 is 9.47 Å². The maximum absolute atomic E-state index is 6.44. The molecule has 3 saturated carbocycles. The lowest BCUT2D eigenvalue weighted by molar-refractivity contribution is -0.195. The monoisotopic (exact) mass is 414 g/mol. The summed E-state index contributed by atoms with van der Waals surface area (Å²) in [6.07, 6.45) is 17.6. The molecule has 0 aromatic heterocycles. The van der Waals surface area contributed by atoms with Crippen LogP contribution >= 0.6 is 0 Å². The summed E-state index contributed by atoms with van der Waals surface area (Å²) in [5, 5.41) is 0. The smallest absolute Gasteiger partial charge is 0.157 e. The van der Waals surface area contributed by atoms with Gasteiger partial charge in [-0.25, -0.2) is 0 Å². The van der Waals surface area contributed by atoms with Crippen molar-refractivity contribution in [3.05, 3.63) is 11.6 Å². The summed E-state index contributed by atoms with van der Waals surface area (Å²) in [4.78, 5) is 0. The van der Waals surface area contributed by atoms with Crippen molar-refractivity contribution in [1.29, 1.82) is 0 Å². The van der Waals surface area contributed by atoms with Crippen molar-refractivity contribution >= 4 is 0 Å². The highest BCUT2D eigenvalue weighted by Crippen LogP contribution is 2.68. The second kappa shape index (κ2) is 7.62. The van der Waals surface area contributed by atoms with Crippen molar-refractivity contribution in [3.63, 3.8) is 0 Å². The fraction of sp³-hybridized carbons (Fsp3) is 0.929. The molecule has 2 nitrogen and oxygen atoms in total. The first-order valence-corrected chi connectivity index (χ1v) is 13.2. The summed E-state index contributed by atoms with van der Waals surface area (Å²) in [5.41, 5.74) is 3.19. The molecule has 1 aliphatic heterocycles. The molecule has 0 amide bonds. The van der Waals surface area contributed by atoms with Crippen molar-refractivity contribution in [1.82, 2.24) is 0 Å². The average Bonchev–Trinajstić information content (AvgIpc) is 3.07. The largest absolute Gasteiger partial charge is 0.353 e. The Bertz CT molecular complexity index is 669. The third-order valence-corrected chi connectivity index (χ3v) is 10.6. The predicted octanol–water partition coefficient (Wildman–Crippen LogP) is 7.52. The van der Waals surface area contributed by atoms with Crippen LogP contribution in [0.15, 0.2) is 11.6 Å². The maximum atomic E-state index is 6.44. The Morgan fingerprint density at radius 1 is 0.967 bits per heavy atom. The first kappa shape index (κ1) is 21.5. The summed E-state index contributed by atoms with van der Waals surface area (Å²) >= 11 is 0. The van der Waals surface area contributed by atoms with Gasteiger partial charge in [-0.15, -0.1) is 0 Å². The third kappa shape index (κ3) is 3.43. The lowest BCUT2D eigenvalue weighted by atomic mass is 9.46. The lowest BCUT2D eigenvalue weighted by Gasteiger charge is -2.59. The van der Waals surface area contributed by atoms with E-state index >= 15 is 0 Å². The molecule has 170 valence electrons. The van der Waals surface area contributed by atoms with Gasteiger partial charge < -0.3 is 9.47 Å². The molecule has 5 aliphatic rings. The molecule has 4 aliphatic carbocycles. The van der Waals surface area contributed by atoms with Crippen molar-refractivity contribution in [2.24, 2.45) is 39.9 Å². The van der Waals surface area contributed by atoms with Gasteiger partial charge in [-0.1, -0.05) is 46.3 Å². The number of ether oxygens (including phenoxy) is 2. The second-order valence-electron chi connectivity index (χ2n) is 13.1. The van der Waals surface area contributed by atoms with Crippen LogP contribution in [0.25, 0.3) is 0 Å². The summed E-state index contributed by atoms with van der Waals surface area (Å²) in [5.74, 6) is 3.67. The van der Waals surface area contributed by atoms with E-state index in [4.69, 9.17) is 9.47 Å². The highest BCUT2D eigenvalue weighted by atomic mass is 16.7. The summed E-state index contributed by atoms with van der Waals surface area (Å²) in [7, 11) is 0. The Morgan fingerprint density at radius 2 is 1.80 bits per heavy atom. The SMILES string of the molecule is CC(C)(C)[C@H]1CC[C@H]2[C@@H]3CC=C4C[C@@H](OC5CCCCO5)CC[C@]4(C)[C@H]3CC[C@]12C. The average molecular weight is 415 g/mol. The van der Waals surface area contributed by atoms with E-state index in [0.29, 0.717) is 22.3 Å². The van der Waals surface area contributed by atoms with E-state index in [1.807, 2.05) is 0 Å². The number of rotatable bonds is 2. The molecule has 4 fully saturated rings. The van der Waals surface area contributed by atoms with E-state index < -0.39 is 0 Å². The fourth-order valence-corrected chi connectivity index (χ4v) is 9.20. The quantitative estimate of drug-likeness (QED) is 0.435. The minimum atomic E-state index is 0.0632. The molecular formula is C28H46O2. The minimum absolute atomic E-state index is 0.0632. The number of hydrogen-bond donors (Lipinski definition) is 0. The Morgan fingerprint density at radius 3 is 2.53 bits per heavy atom. The van der Waals surface area contributed by atoms with Crippen LogP contribution in [0.1, 0.15) is 105 Å². The molecule has 5 rings (SSSR count). The molecular weight excluding hydrogens is 368 g/mol. The molecule has 1 heterocycles. The highest BCUT2D eigenvalue weighted by Gasteiger charge is 2.60. The Labute approximate surface area is 185 Å². The Kier molecular flexibility index (Phi) is 5.46. The van der Waals surface area contributed by atoms with Crippen LogP contribution in [-0.2, 0) is 9.47 Å². The van der Waals surface area contributed by atoms with E-state index in [-0.39, 0.29) is 6.29 Å². The topological polar surface area (TPSA) is 18.5 Å². The maximum Gasteiger partial charge on any atom is 0.157 e. The Hall–Kier alpha value is -0.340. The molecule has 0 spiro atoms. The second-order valence-corrected chi connectivity index (χ2v) is 13.1. The van der Waals surface area contributed by atoms with Crippen molar-refractivity contribution in [2.75, 3.05) is 6.61 Å². The Balaban J connectivity index is 1.32. The molecule has 0 N–H and O–H groups in total. The fourth-order valence-electron chi connectivity index (χ4n) is 9.20. The van der Waals surface area contributed by atoms with E-state index in [0.717, 1.165) is 43.1 Å². The van der Waals surface area contributed by atoms with E-state index in [1.165, 1.54) is 57.8 Å². The zero-order chi connectivity index (χ0) is 21.1. The summed E-state index contributed by atoms with van der Waals surface area (Å²) in [6.45, 7) is 13.7. The first-order chi connectivity index (χ1) is 14.2. The van der Waals surface area contributed by atoms with Gasteiger partial charge >= 0.3 is 0 Å². The molecule has 0 bridgehead atoms. The van der Waals surface area contributed by atoms with Crippen molar-refractivity contribution in [2.45, 2.75) is 118 Å². The van der Waals surface area contributed by atoms with Gasteiger partial charge in [0.15, 0.2) is 6.29 Å². The molecule has 30 heavy (non-hydrogen) atoms. The van der Waals surface area contributed by atoms with Crippen LogP contribution in [-0.4, -0.2) is 19.0 Å². The molecule has 1 unspecified atom stereocenters. The van der Waals surface area contributed by atoms with Crippen LogP contribution in [0, 0.1) is 39.9 Å². The molecule has 1 saturated heterocycles. The lowest BCUT2D eigenvalue weighted by Crippen LogP contribution is -2.51. The van der Waals surface area contributed by atoms with Crippen LogP contribution < -0.4 is 0 Å². The molecule has 8 atom stereocenters. The standard InChI is InChI=1S/C28H46O2/c1-26(2,3)24-12-11-22-21-10-9-19-18-20(30-25-8-6-7-17-29-25)13-15-27(19,4)23(21)14-16-28(22,24)5/h9,20-25H,6-8,10-18H2,1-5H3/t20-,21-,22-,23-,24+,25?,27-,28-/m0/s1. The third-order valence-electron chi connectivity index (χ3n) is 10.6. The van der Waals surface area contributed by atoms with Crippen LogP contribution in [0.4, 0.5) is 0 Å². The molecule has 0 aromatic rings.